The second-order valence-corrected chi connectivity index (χ2v) is 2.68. The van der Waals surface area contributed by atoms with Crippen molar-refractivity contribution in [2.75, 3.05) is 13.7 Å². The number of ether oxygens (including phenoxy) is 3. The highest BCUT2D eigenvalue weighted by molar-refractivity contribution is 5.71. The van der Waals surface area contributed by atoms with Gasteiger partial charge in [-0.3, -0.25) is 9.59 Å². The molecule has 0 spiro atoms. The molecule has 0 aliphatic rings. The summed E-state index contributed by atoms with van der Waals surface area (Å²) < 4.78 is 13.9. The number of carbonyl (C=O) groups is 2. The van der Waals surface area contributed by atoms with Crippen LogP contribution in [0.25, 0.3) is 0 Å². The van der Waals surface area contributed by atoms with Gasteiger partial charge in [0, 0.05) is 7.11 Å². The lowest BCUT2D eigenvalue weighted by molar-refractivity contribution is -0.179. The van der Waals surface area contributed by atoms with E-state index in [2.05, 4.69) is 4.74 Å². The lowest BCUT2D eigenvalue weighted by Crippen LogP contribution is -2.25. The summed E-state index contributed by atoms with van der Waals surface area (Å²) in [7, 11) is 1.36. The molecular formula is C8H14O5. The smallest absolute Gasteiger partial charge is 0.308 e. The van der Waals surface area contributed by atoms with Crippen molar-refractivity contribution in [3.63, 3.8) is 0 Å². The van der Waals surface area contributed by atoms with Crippen LogP contribution < -0.4 is 0 Å². The summed E-state index contributed by atoms with van der Waals surface area (Å²) in [5, 5.41) is 0. The SMILES string of the molecule is CO[C@@H](COC(=O)C(C)C)OC=O. The van der Waals surface area contributed by atoms with E-state index in [0.29, 0.717) is 0 Å². The predicted octanol–water partition coefficient (Wildman–Crippen LogP) is 0.331. The average Bonchev–Trinajstić information content (AvgIpc) is 2.11. The Bertz CT molecular complexity index is 166. The van der Waals surface area contributed by atoms with Crippen LogP contribution in [0.2, 0.25) is 0 Å². The van der Waals surface area contributed by atoms with E-state index in [9.17, 15) is 9.59 Å². The molecular weight excluding hydrogens is 176 g/mol. The van der Waals surface area contributed by atoms with Crippen molar-refractivity contribution in [1.29, 1.82) is 0 Å². The molecule has 0 aromatic rings. The van der Waals surface area contributed by atoms with Gasteiger partial charge in [-0.05, 0) is 0 Å². The van der Waals surface area contributed by atoms with E-state index in [-0.39, 0.29) is 25.0 Å². The molecule has 0 saturated carbocycles. The van der Waals surface area contributed by atoms with Crippen LogP contribution in [0.1, 0.15) is 13.8 Å². The summed E-state index contributed by atoms with van der Waals surface area (Å²) in [6, 6.07) is 0. The Kier molecular flexibility index (Phi) is 5.88. The minimum Gasteiger partial charge on any atom is -0.459 e. The first-order chi connectivity index (χ1) is 6.11. The monoisotopic (exact) mass is 190 g/mol. The Morgan fingerprint density at radius 2 is 2.08 bits per heavy atom. The van der Waals surface area contributed by atoms with Gasteiger partial charge in [0.2, 0.25) is 6.29 Å². The molecule has 13 heavy (non-hydrogen) atoms. The van der Waals surface area contributed by atoms with Crippen LogP contribution in [-0.2, 0) is 23.8 Å². The maximum Gasteiger partial charge on any atom is 0.308 e. The zero-order chi connectivity index (χ0) is 10.3. The fourth-order valence-electron chi connectivity index (χ4n) is 0.542. The van der Waals surface area contributed by atoms with Crippen LogP contribution in [0, 0.1) is 5.92 Å². The molecule has 0 radical (unpaired) electrons. The number of hydrogen-bond donors (Lipinski definition) is 0. The van der Waals surface area contributed by atoms with E-state index in [0.717, 1.165) is 0 Å². The van der Waals surface area contributed by atoms with E-state index < -0.39 is 6.29 Å². The summed E-state index contributed by atoms with van der Waals surface area (Å²) >= 11 is 0. The Labute approximate surface area is 77.0 Å². The van der Waals surface area contributed by atoms with Gasteiger partial charge in [-0.1, -0.05) is 13.8 Å². The van der Waals surface area contributed by atoms with Crippen LogP contribution in [0.5, 0.6) is 0 Å². The molecule has 0 aromatic carbocycles. The van der Waals surface area contributed by atoms with Crippen molar-refractivity contribution >= 4 is 12.4 Å². The first-order valence-corrected chi connectivity index (χ1v) is 3.90. The van der Waals surface area contributed by atoms with Crippen molar-refractivity contribution < 1.29 is 23.8 Å². The largest absolute Gasteiger partial charge is 0.459 e. The standard InChI is InChI=1S/C8H14O5/c1-6(2)8(10)12-4-7(11-3)13-5-9/h5-7H,4H2,1-3H3/t7-/m1/s1. The van der Waals surface area contributed by atoms with Gasteiger partial charge in [0.15, 0.2) is 6.61 Å². The Hall–Kier alpha value is -1.10. The number of hydrogen-bond acceptors (Lipinski definition) is 5. The average molecular weight is 190 g/mol. The zero-order valence-electron chi connectivity index (χ0n) is 7.98. The van der Waals surface area contributed by atoms with Gasteiger partial charge in [0.25, 0.3) is 6.47 Å². The van der Waals surface area contributed by atoms with Crippen molar-refractivity contribution in [2.24, 2.45) is 5.92 Å². The van der Waals surface area contributed by atoms with Gasteiger partial charge in [-0.15, -0.1) is 0 Å². The maximum absolute atomic E-state index is 10.9. The molecule has 0 aliphatic carbocycles. The minimum absolute atomic E-state index is 0.0771. The number of esters is 1. The third kappa shape index (κ3) is 5.19. The van der Waals surface area contributed by atoms with Gasteiger partial charge in [0.1, 0.15) is 0 Å². The predicted molar refractivity (Wildman–Crippen MR) is 43.7 cm³/mol. The number of rotatable bonds is 6. The fraction of sp³-hybridized carbons (Fsp3) is 0.750. The second kappa shape index (κ2) is 6.42. The van der Waals surface area contributed by atoms with E-state index in [1.807, 2.05) is 0 Å². The van der Waals surface area contributed by atoms with Crippen LogP contribution in [0.4, 0.5) is 0 Å². The highest BCUT2D eigenvalue weighted by Gasteiger charge is 2.13. The molecule has 5 heteroatoms. The second-order valence-electron chi connectivity index (χ2n) is 2.68. The molecule has 0 heterocycles. The van der Waals surface area contributed by atoms with E-state index in [4.69, 9.17) is 9.47 Å². The minimum atomic E-state index is -0.819. The molecule has 0 rings (SSSR count). The third-order valence-electron chi connectivity index (χ3n) is 1.30. The maximum atomic E-state index is 10.9. The number of methoxy groups -OCH3 is 1. The van der Waals surface area contributed by atoms with Gasteiger partial charge in [-0.25, -0.2) is 0 Å². The fourth-order valence-corrected chi connectivity index (χ4v) is 0.542. The van der Waals surface area contributed by atoms with E-state index in [1.54, 1.807) is 13.8 Å². The molecule has 0 aliphatic heterocycles. The highest BCUT2D eigenvalue weighted by atomic mass is 16.7. The normalized spacial score (nSPS) is 12.3. The molecule has 0 fully saturated rings. The van der Waals surface area contributed by atoms with E-state index >= 15 is 0 Å². The lowest BCUT2D eigenvalue weighted by Gasteiger charge is -2.13. The van der Waals surface area contributed by atoms with Crippen LogP contribution in [0.3, 0.4) is 0 Å². The topological polar surface area (TPSA) is 61.8 Å². The van der Waals surface area contributed by atoms with Crippen LogP contribution in [0.15, 0.2) is 0 Å². The van der Waals surface area contributed by atoms with Crippen molar-refractivity contribution in [3.8, 4) is 0 Å². The Morgan fingerprint density at radius 1 is 1.46 bits per heavy atom. The van der Waals surface area contributed by atoms with Gasteiger partial charge >= 0.3 is 5.97 Å². The van der Waals surface area contributed by atoms with Crippen molar-refractivity contribution in [2.45, 2.75) is 20.1 Å². The van der Waals surface area contributed by atoms with Gasteiger partial charge < -0.3 is 14.2 Å². The first kappa shape index (κ1) is 11.9. The summed E-state index contributed by atoms with van der Waals surface area (Å²) in [6.45, 7) is 3.60. The van der Waals surface area contributed by atoms with Gasteiger partial charge in [0.05, 0.1) is 5.92 Å². The Balaban J connectivity index is 3.71. The zero-order valence-corrected chi connectivity index (χ0v) is 7.98. The molecule has 1 atom stereocenters. The van der Waals surface area contributed by atoms with Gasteiger partial charge in [-0.2, -0.15) is 0 Å². The quantitative estimate of drug-likeness (QED) is 0.343. The summed E-state index contributed by atoms with van der Waals surface area (Å²) in [6.07, 6.45) is -0.819. The first-order valence-electron chi connectivity index (χ1n) is 3.90. The Morgan fingerprint density at radius 3 is 2.46 bits per heavy atom. The molecule has 0 unspecified atom stereocenters. The third-order valence-corrected chi connectivity index (χ3v) is 1.30. The van der Waals surface area contributed by atoms with Crippen LogP contribution >= 0.6 is 0 Å². The van der Waals surface area contributed by atoms with Crippen LogP contribution in [-0.4, -0.2) is 32.4 Å². The van der Waals surface area contributed by atoms with Crippen molar-refractivity contribution in [1.82, 2.24) is 0 Å². The highest BCUT2D eigenvalue weighted by Crippen LogP contribution is 1.98. The summed E-state index contributed by atoms with van der Waals surface area (Å²) in [5.74, 6) is -0.551. The lowest BCUT2D eigenvalue weighted by atomic mass is 10.2. The molecule has 5 nitrogen and oxygen atoms in total. The van der Waals surface area contributed by atoms with E-state index in [1.165, 1.54) is 7.11 Å². The molecule has 0 N–H and O–H groups in total. The molecule has 0 saturated heterocycles. The number of carbonyl (C=O) groups excluding carboxylic acids is 2. The molecule has 0 aromatic heterocycles. The summed E-state index contributed by atoms with van der Waals surface area (Å²) in [4.78, 5) is 20.9. The molecule has 0 amide bonds. The van der Waals surface area contributed by atoms with Crippen molar-refractivity contribution in [3.05, 3.63) is 0 Å². The molecule has 76 valence electrons. The summed E-state index contributed by atoms with van der Waals surface area (Å²) in [5.41, 5.74) is 0. The molecule has 0 bridgehead atoms.